The maximum absolute atomic E-state index is 10.9. The van der Waals surface area contributed by atoms with Crippen molar-refractivity contribution >= 4 is 23.3 Å². The van der Waals surface area contributed by atoms with Crippen LogP contribution in [0.3, 0.4) is 0 Å². The monoisotopic (exact) mass is 313 g/mol. The largest absolute Gasteiger partial charge is 1.00 e. The summed E-state index contributed by atoms with van der Waals surface area (Å²) in [4.78, 5) is 10.9. The Hall–Kier alpha value is -1.20. The van der Waals surface area contributed by atoms with E-state index in [0.717, 1.165) is 0 Å². The Morgan fingerprint density at radius 1 is 1.19 bits per heavy atom. The summed E-state index contributed by atoms with van der Waals surface area (Å²) in [6, 6.07) is 11.9. The molecule has 0 saturated heterocycles. The molecule has 0 amide bonds. The number of anilines is 1. The molecule has 0 aliphatic carbocycles. The van der Waals surface area contributed by atoms with Crippen LogP contribution in [0.2, 0.25) is 5.02 Å². The molecule has 2 rings (SSSR count). The number of carboxylic acids is 1. The summed E-state index contributed by atoms with van der Waals surface area (Å²) in [6.07, 6.45) is 0. The molecule has 0 radical (unpaired) electrons. The van der Waals surface area contributed by atoms with Gasteiger partial charge >= 0.3 is 29.6 Å². The maximum Gasteiger partial charge on any atom is 1.00 e. The van der Waals surface area contributed by atoms with E-state index in [1.54, 1.807) is 42.5 Å². The number of halogens is 1. The molecule has 2 N–H and O–H groups in total. The predicted molar refractivity (Wildman–Crippen MR) is 75.8 cm³/mol. The second-order valence-electron chi connectivity index (χ2n) is 4.33. The molecular formula is C15H13ClNNaO3. The van der Waals surface area contributed by atoms with E-state index in [9.17, 15) is 9.90 Å². The number of nitrogen functional groups attached to an aromatic ring is 1. The van der Waals surface area contributed by atoms with Crippen molar-refractivity contribution in [1.82, 2.24) is 0 Å². The Balaban J connectivity index is 0.00000220. The molecule has 1 atom stereocenters. The minimum absolute atomic E-state index is 0. The number of para-hydroxylation sites is 2. The summed E-state index contributed by atoms with van der Waals surface area (Å²) < 4.78 is 5.64. The van der Waals surface area contributed by atoms with Crippen LogP contribution < -0.4 is 45.1 Å². The Morgan fingerprint density at radius 3 is 2.43 bits per heavy atom. The van der Waals surface area contributed by atoms with Crippen LogP contribution >= 0.6 is 11.6 Å². The van der Waals surface area contributed by atoms with Gasteiger partial charge in [-0.1, -0.05) is 42.8 Å². The van der Waals surface area contributed by atoms with Crippen LogP contribution in [0, 0.1) is 0 Å². The van der Waals surface area contributed by atoms with Gasteiger partial charge in [0.1, 0.15) is 5.75 Å². The third kappa shape index (κ3) is 4.14. The SMILES string of the molecule is CC(C(=O)[O-])c1cccc(Oc2ccccc2Cl)c1N.[Na+]. The van der Waals surface area contributed by atoms with Gasteiger partial charge in [0, 0.05) is 11.9 Å². The number of hydrogen-bond acceptors (Lipinski definition) is 4. The molecule has 2 aromatic carbocycles. The van der Waals surface area contributed by atoms with Crippen molar-refractivity contribution in [2.45, 2.75) is 12.8 Å². The third-order valence-electron chi connectivity index (χ3n) is 2.98. The Bertz CT molecular complexity index is 649. The fourth-order valence-electron chi connectivity index (χ4n) is 1.80. The summed E-state index contributed by atoms with van der Waals surface area (Å²) in [7, 11) is 0. The van der Waals surface area contributed by atoms with Gasteiger partial charge in [-0.25, -0.2) is 0 Å². The molecule has 21 heavy (non-hydrogen) atoms. The molecule has 0 aliphatic rings. The van der Waals surface area contributed by atoms with E-state index in [0.29, 0.717) is 22.1 Å². The molecule has 104 valence electrons. The minimum atomic E-state index is -1.19. The first kappa shape index (κ1) is 17.9. The van der Waals surface area contributed by atoms with Gasteiger partial charge in [-0.3, -0.25) is 0 Å². The number of nitrogens with two attached hydrogens (primary N) is 1. The number of carboxylic acid groups (broad SMARTS) is 1. The van der Waals surface area contributed by atoms with Crippen molar-refractivity contribution < 1.29 is 44.2 Å². The van der Waals surface area contributed by atoms with Crippen LogP contribution in [0.25, 0.3) is 0 Å². The molecule has 0 bridgehead atoms. The predicted octanol–water partition coefficient (Wildman–Crippen LogP) is -0.428. The van der Waals surface area contributed by atoms with Crippen molar-refractivity contribution in [2.75, 3.05) is 5.73 Å². The first-order valence-corrected chi connectivity index (χ1v) is 6.40. The quantitative estimate of drug-likeness (QED) is 0.614. The van der Waals surface area contributed by atoms with E-state index in [4.69, 9.17) is 22.1 Å². The van der Waals surface area contributed by atoms with Gasteiger partial charge in [0.25, 0.3) is 0 Å². The van der Waals surface area contributed by atoms with Gasteiger partial charge in [-0.2, -0.15) is 0 Å². The fraction of sp³-hybridized carbons (Fsp3) is 0.133. The van der Waals surface area contributed by atoms with Crippen molar-refractivity contribution in [2.24, 2.45) is 0 Å². The zero-order chi connectivity index (χ0) is 14.7. The first-order chi connectivity index (χ1) is 9.50. The summed E-state index contributed by atoms with van der Waals surface area (Å²) in [6.45, 7) is 1.51. The zero-order valence-electron chi connectivity index (χ0n) is 11.8. The second-order valence-corrected chi connectivity index (χ2v) is 4.74. The molecule has 0 saturated carbocycles. The van der Waals surface area contributed by atoms with Crippen LogP contribution in [0.4, 0.5) is 5.69 Å². The molecular weight excluding hydrogens is 301 g/mol. The second kappa shape index (κ2) is 7.71. The average Bonchev–Trinajstić information content (AvgIpc) is 2.42. The van der Waals surface area contributed by atoms with Gasteiger partial charge < -0.3 is 20.4 Å². The Morgan fingerprint density at radius 2 is 1.81 bits per heavy atom. The van der Waals surface area contributed by atoms with Gasteiger partial charge in [-0.05, 0) is 23.8 Å². The summed E-state index contributed by atoms with van der Waals surface area (Å²) in [5.74, 6) is -1.18. The normalized spacial score (nSPS) is 11.3. The van der Waals surface area contributed by atoms with E-state index in [2.05, 4.69) is 0 Å². The molecule has 0 aromatic heterocycles. The van der Waals surface area contributed by atoms with Crippen LogP contribution in [-0.4, -0.2) is 5.97 Å². The van der Waals surface area contributed by atoms with E-state index in [1.165, 1.54) is 6.92 Å². The van der Waals surface area contributed by atoms with Gasteiger partial charge in [0.05, 0.1) is 10.7 Å². The van der Waals surface area contributed by atoms with Crippen molar-refractivity contribution in [3.8, 4) is 11.5 Å². The summed E-state index contributed by atoms with van der Waals surface area (Å²) >= 11 is 6.01. The van der Waals surface area contributed by atoms with Gasteiger partial charge in [-0.15, -0.1) is 0 Å². The molecule has 2 aromatic rings. The van der Waals surface area contributed by atoms with Crippen LogP contribution in [0.5, 0.6) is 11.5 Å². The van der Waals surface area contributed by atoms with Crippen molar-refractivity contribution in [3.05, 3.63) is 53.1 Å². The average molecular weight is 314 g/mol. The minimum Gasteiger partial charge on any atom is -0.550 e. The number of ether oxygens (including phenoxy) is 1. The molecule has 4 nitrogen and oxygen atoms in total. The zero-order valence-corrected chi connectivity index (χ0v) is 14.6. The van der Waals surface area contributed by atoms with E-state index < -0.39 is 11.9 Å². The van der Waals surface area contributed by atoms with Gasteiger partial charge in [0.2, 0.25) is 0 Å². The number of benzene rings is 2. The molecule has 0 heterocycles. The number of rotatable bonds is 4. The number of carbonyl (C=O) groups excluding carboxylic acids is 1. The van der Waals surface area contributed by atoms with Gasteiger partial charge in [0.15, 0.2) is 5.75 Å². The van der Waals surface area contributed by atoms with Crippen LogP contribution in [-0.2, 0) is 4.79 Å². The Kier molecular flexibility index (Phi) is 6.55. The van der Waals surface area contributed by atoms with E-state index in [1.807, 2.05) is 0 Å². The van der Waals surface area contributed by atoms with Crippen molar-refractivity contribution in [1.29, 1.82) is 0 Å². The maximum atomic E-state index is 10.9. The van der Waals surface area contributed by atoms with E-state index in [-0.39, 0.29) is 35.2 Å². The summed E-state index contributed by atoms with van der Waals surface area (Å²) in [5, 5.41) is 11.4. The first-order valence-electron chi connectivity index (χ1n) is 6.02. The molecule has 6 heteroatoms. The summed E-state index contributed by atoms with van der Waals surface area (Å²) in [5.41, 5.74) is 6.68. The Labute approximate surface area is 150 Å². The number of aliphatic carboxylic acids is 1. The standard InChI is InChI=1S/C15H14ClNO3.Na/c1-9(15(18)19)10-5-4-8-13(14(10)17)20-12-7-3-2-6-11(12)16;/h2-9H,17H2,1H3,(H,18,19);/q;+1/p-1. The fourth-order valence-corrected chi connectivity index (χ4v) is 1.97. The number of hydrogen-bond donors (Lipinski definition) is 1. The van der Waals surface area contributed by atoms with Crippen LogP contribution in [0.15, 0.2) is 42.5 Å². The molecule has 1 unspecified atom stereocenters. The molecule has 0 spiro atoms. The molecule has 0 fully saturated rings. The third-order valence-corrected chi connectivity index (χ3v) is 3.29. The van der Waals surface area contributed by atoms with Crippen molar-refractivity contribution in [3.63, 3.8) is 0 Å². The smallest absolute Gasteiger partial charge is 0.550 e. The number of carbonyl (C=O) groups is 1. The molecule has 0 aliphatic heterocycles. The van der Waals surface area contributed by atoms with Crippen LogP contribution in [0.1, 0.15) is 18.4 Å². The van der Waals surface area contributed by atoms with E-state index >= 15 is 0 Å². The topological polar surface area (TPSA) is 75.4 Å².